The number of para-hydroxylation sites is 1. The van der Waals surface area contributed by atoms with Gasteiger partial charge in [0.25, 0.3) is 0 Å². The molecule has 115 heavy (non-hydrogen) atoms. The number of nitrogen functional groups attached to an aromatic ring is 1. The van der Waals surface area contributed by atoms with Crippen LogP contribution in [0.5, 0.6) is 0 Å². The molecular weight excluding hydrogens is 1850 g/mol. The highest BCUT2D eigenvalue weighted by molar-refractivity contribution is 9.10. The fraction of sp³-hybridized carbons (Fsp3) is 0.617. The molecule has 21 heteroatoms. The first-order valence-electron chi connectivity index (χ1n) is 39.5. The van der Waals surface area contributed by atoms with Crippen LogP contribution in [-0.2, 0) is 63.7 Å². The summed E-state index contributed by atoms with van der Waals surface area (Å²) >= 11 is 14.5. The maximum atomic E-state index is 13.0. The number of likely N-dealkylation sites (tertiary alicyclic amines) is 3. The van der Waals surface area contributed by atoms with Gasteiger partial charge < -0.3 is 56.2 Å². The summed E-state index contributed by atoms with van der Waals surface area (Å²) < 4.78 is 9.12. The van der Waals surface area contributed by atoms with Crippen molar-refractivity contribution in [2.45, 2.75) is 326 Å². The first-order chi connectivity index (χ1) is 50.6. The van der Waals surface area contributed by atoms with E-state index >= 15 is 0 Å². The molecule has 5 aromatic carbocycles. The zero-order valence-corrected chi connectivity index (χ0v) is 83.2. The number of anilines is 1. The number of nitrogens with two attached hydrogens (primary N) is 1. The van der Waals surface area contributed by atoms with E-state index in [9.17, 15) is 28.8 Å². The molecule has 3 heterocycles. The van der Waals surface area contributed by atoms with Gasteiger partial charge in [0.15, 0.2) is 34.2 Å². The summed E-state index contributed by atoms with van der Waals surface area (Å²) in [6, 6.07) is 31.0. The van der Waals surface area contributed by atoms with Crippen LogP contribution in [0.25, 0.3) is 0 Å². The van der Waals surface area contributed by atoms with Crippen molar-refractivity contribution in [1.29, 1.82) is 0 Å². The van der Waals surface area contributed by atoms with Crippen LogP contribution in [0, 0.1) is 69.2 Å². The Balaban J connectivity index is -0.000000410. The molecule has 3 saturated heterocycles. The van der Waals surface area contributed by atoms with Gasteiger partial charge in [-0.25, -0.2) is 4.21 Å². The molecule has 0 unspecified atom stereocenters. The van der Waals surface area contributed by atoms with Crippen LogP contribution in [-0.4, -0.2) is 140 Å². The number of halogens is 8. The molecule has 3 N–H and O–H groups in total. The molecular formula is C94H152Br3Cl4IN4O8S. The van der Waals surface area contributed by atoms with Crippen molar-refractivity contribution in [3.8, 4) is 0 Å². The number of Topliss-reactive ketones (excluding diaryl/α,β-unsaturated/α-hetero) is 4. The number of rotatable bonds is 17. The fourth-order valence-corrected chi connectivity index (χ4v) is 13.8. The van der Waals surface area contributed by atoms with Gasteiger partial charge in [-0.3, -0.25) is 33.7 Å². The van der Waals surface area contributed by atoms with Crippen LogP contribution in [0.4, 0.5) is 5.69 Å². The van der Waals surface area contributed by atoms with E-state index in [1.54, 1.807) is 27.7 Å². The largest absolute Gasteiger partial charge is 1.00 e. The van der Waals surface area contributed by atoms with Gasteiger partial charge >= 0.3 is 5.97 Å². The van der Waals surface area contributed by atoms with Crippen LogP contribution in [0.3, 0.4) is 0 Å². The van der Waals surface area contributed by atoms with Crippen LogP contribution >= 0.6 is 80.8 Å². The van der Waals surface area contributed by atoms with Crippen LogP contribution in [0.15, 0.2) is 91.0 Å². The predicted octanol–water partition coefficient (Wildman–Crippen LogP) is 19.3. The van der Waals surface area contributed by atoms with Crippen LogP contribution in [0.2, 0.25) is 0 Å². The second-order valence-electron chi connectivity index (χ2n) is 34.0. The molecule has 0 atom stereocenters. The average Bonchev–Trinajstić information content (AvgIpc) is 0.778. The summed E-state index contributed by atoms with van der Waals surface area (Å²) in [5, 5.41) is 7.84. The van der Waals surface area contributed by atoms with Crippen molar-refractivity contribution in [2.75, 3.05) is 59.1 Å². The van der Waals surface area contributed by atoms with Gasteiger partial charge in [0.2, 0.25) is 14.5 Å². The third kappa shape index (κ3) is 42.1. The zero-order chi connectivity index (χ0) is 84.6. The molecule has 0 spiro atoms. The molecule has 5 aromatic rings. The lowest BCUT2D eigenvalue weighted by molar-refractivity contribution is -0.949. The first-order valence-corrected chi connectivity index (χ1v) is 45.0. The highest BCUT2D eigenvalue weighted by atomic mass is 127. The Labute approximate surface area is 765 Å². The predicted molar refractivity (Wildman–Crippen MR) is 501 cm³/mol. The molecule has 0 bridgehead atoms. The molecule has 3 aliphatic heterocycles. The fourth-order valence-electron chi connectivity index (χ4n) is 13.7. The number of likely N-dealkylation sites (N-methyl/N-ethyl adjacent to an activating group) is 2. The molecule has 9 rings (SSSR count). The topological polar surface area (TPSA) is 169 Å². The Morgan fingerprint density at radius 3 is 0.791 bits per heavy atom. The van der Waals surface area contributed by atoms with Gasteiger partial charge in [-0.15, -0.1) is 0 Å². The summed E-state index contributed by atoms with van der Waals surface area (Å²) in [5.41, 5.74) is 22.6. The Hall–Kier alpha value is -2.92. The number of hydrogen-bond acceptors (Lipinski definition) is 9. The second-order valence-corrected chi connectivity index (χ2v) is 42.8. The first kappa shape index (κ1) is 121. The summed E-state index contributed by atoms with van der Waals surface area (Å²) in [6.07, 6.45) is 22.6. The summed E-state index contributed by atoms with van der Waals surface area (Å²) in [7, 11) is 11.9. The van der Waals surface area contributed by atoms with Gasteiger partial charge in [0.05, 0.1) is 54.5 Å². The number of carboxylic acid groups (broad SMARTS) is 1. The minimum absolute atomic E-state index is 0. The number of quaternary nitrogens is 2. The van der Waals surface area contributed by atoms with E-state index in [-0.39, 0.29) is 86.3 Å². The third-order valence-corrected chi connectivity index (χ3v) is 25.0. The summed E-state index contributed by atoms with van der Waals surface area (Å²) in [5.74, 6) is 0.484. The number of nitrogens with zero attached hydrogens (tertiary/aromatic N) is 3. The minimum atomic E-state index is -1.67. The lowest BCUT2D eigenvalue weighted by Crippen LogP contribution is -3.00. The maximum Gasteiger partial charge on any atom is 0.319 e. The smallest absolute Gasteiger partial charge is 0.319 e. The monoisotopic (exact) mass is 2000 g/mol. The number of carbonyl (C=O) groups excluding carboxylic acids is 5. The van der Waals surface area contributed by atoms with Crippen LogP contribution < -0.4 is 42.1 Å². The standard InChI is InChI=1S/2C19H30NO.C18H27NO.C13H17BrO.C8H11N.C6H12.C4H6BrClO.C4H7BrO2.3CH4.Cl2OS.ClH.HI/c2*1-15-10-9-11-16(2)17(15)14-18(21)19(3,4)20(5)12-7-6-8-13-20;1-14-9-8-10-15(2)16(14)13-17(20)18(3,4)19-11-6-5-7-12-19;1-9-6-5-7-10(2)11(9)8-12(15)13(3,4)14;1-6-4-3-5-7(2)8(6)9;1-2-4-6-5-3-1;2*1-4(2,5)3(6)7;;;;1-4(2)3;;/h2*9-11H,6-8,12-14H2,1-5H3;8-10H,5-7,11-13H2,1-4H3;5-7H,8H2,1-4H3;3-5H,9H2,1-2H3;1-6H2;1-2H3;1-2H3,(H,6,7);3*1H4;;2*1H/q2*+1;;;;;;;;;;;;/p-2. The second kappa shape index (κ2) is 56.7. The third-order valence-electron chi connectivity index (χ3n) is 23.1. The number of alkyl halides is 3. The molecule has 0 amide bonds. The van der Waals surface area contributed by atoms with E-state index in [4.69, 9.17) is 26.7 Å². The van der Waals surface area contributed by atoms with E-state index in [0.717, 1.165) is 70.6 Å². The Bertz CT molecular complexity index is 3530. The zero-order valence-electron chi connectivity index (χ0n) is 72.5. The van der Waals surface area contributed by atoms with Crippen molar-refractivity contribution in [3.05, 3.63) is 169 Å². The van der Waals surface area contributed by atoms with E-state index < -0.39 is 28.2 Å². The van der Waals surface area contributed by atoms with E-state index in [0.29, 0.717) is 43.0 Å². The van der Waals surface area contributed by atoms with Crippen molar-refractivity contribution >= 4 is 130 Å². The Morgan fingerprint density at radius 1 is 0.400 bits per heavy atom. The van der Waals surface area contributed by atoms with Crippen molar-refractivity contribution in [2.24, 2.45) is 0 Å². The number of ketones is 4. The van der Waals surface area contributed by atoms with Gasteiger partial charge in [0, 0.05) is 52.7 Å². The number of aliphatic carboxylic acids is 1. The van der Waals surface area contributed by atoms with Gasteiger partial charge in [-0.05, 0) is 306 Å². The number of carbonyl (C=O) groups is 6. The number of benzene rings is 5. The van der Waals surface area contributed by atoms with Gasteiger partial charge in [-0.2, -0.15) is 0 Å². The van der Waals surface area contributed by atoms with Crippen molar-refractivity contribution in [1.82, 2.24) is 4.90 Å². The van der Waals surface area contributed by atoms with E-state index in [2.05, 4.69) is 252 Å². The molecule has 4 aliphatic rings. The quantitative estimate of drug-likeness (QED) is 0.0300. The summed E-state index contributed by atoms with van der Waals surface area (Å²) in [6.45, 7) is 50.5. The van der Waals surface area contributed by atoms with Crippen molar-refractivity contribution < 1.29 is 83.4 Å². The molecule has 4 fully saturated rings. The van der Waals surface area contributed by atoms with Gasteiger partial charge in [0.1, 0.15) is 4.32 Å². The molecule has 0 aromatic heterocycles. The maximum absolute atomic E-state index is 13.0. The average molecular weight is 2010 g/mol. The number of aryl methyl sites for hydroxylation is 10. The molecule has 658 valence electrons. The molecule has 1 saturated carbocycles. The number of hydrogen-bond donors (Lipinski definition) is 2. The van der Waals surface area contributed by atoms with Gasteiger partial charge in [-0.1, -0.05) is 206 Å². The minimum Gasteiger partial charge on any atom is -1.00 e. The van der Waals surface area contributed by atoms with Crippen molar-refractivity contribution in [3.63, 3.8) is 0 Å². The van der Waals surface area contributed by atoms with Crippen LogP contribution in [0.1, 0.15) is 280 Å². The van der Waals surface area contributed by atoms with E-state index in [1.807, 2.05) is 52.0 Å². The highest BCUT2D eigenvalue weighted by Crippen LogP contribution is 2.34. The molecule has 1 aliphatic carbocycles. The lowest BCUT2D eigenvalue weighted by atomic mass is 9.85. The number of carboxylic acids is 1. The Morgan fingerprint density at radius 2 is 0.591 bits per heavy atom. The van der Waals surface area contributed by atoms with E-state index in [1.165, 1.54) is 158 Å². The molecule has 0 radical (unpaired) electrons. The normalized spacial score (nSPS) is 14.9. The highest BCUT2D eigenvalue weighted by Gasteiger charge is 2.48. The number of piperidine rings is 3. The lowest BCUT2D eigenvalue weighted by Gasteiger charge is -2.48. The Kier molecular flexibility index (Phi) is 59.5. The molecule has 12 nitrogen and oxygen atoms in total. The SMILES string of the molecule is C.C.C.C1CCCCC1.CC(C)(Br)C(=O)Cl.CC(C)(Br)C(=O)O.Cc1cccc(C)c1CC(=O)C(C)(C)Br.Cc1cccc(C)c1CC(=O)C(C)(C)N1CCCCC1.Cc1cccc(C)c1CC(=O)C(C)(C)[N+]1(C)CCCCC1.Cc1cccc(C)c1CC(=O)C(C)(C)[N+]1(C)CCCCC1.Cc1cccc(C)c1N.O=S(Cl)Cl.[Cl-].[I-]. The summed E-state index contributed by atoms with van der Waals surface area (Å²) in [4.78, 5) is 73.3.